The summed E-state index contributed by atoms with van der Waals surface area (Å²) in [5.74, 6) is -0.865. The molecule has 3 aromatic rings. The zero-order valence-corrected chi connectivity index (χ0v) is 29.9. The predicted molar refractivity (Wildman–Crippen MR) is 188 cm³/mol. The summed E-state index contributed by atoms with van der Waals surface area (Å²) in [6.07, 6.45) is 7.90. The molecule has 0 aliphatic heterocycles. The van der Waals surface area contributed by atoms with Gasteiger partial charge in [0.05, 0.1) is 11.3 Å². The molecule has 45 heavy (non-hydrogen) atoms. The van der Waals surface area contributed by atoms with Crippen molar-refractivity contribution in [1.29, 1.82) is 0 Å². The summed E-state index contributed by atoms with van der Waals surface area (Å²) >= 11 is 0. The summed E-state index contributed by atoms with van der Waals surface area (Å²) in [5.41, 5.74) is 12.6. The van der Waals surface area contributed by atoms with Gasteiger partial charge in [0.1, 0.15) is 0 Å². The standard InChI is InChI=1S/C20H29NO2.C19H26N2O/c1-7-10-14(4)13-21(6)20(23)19(22)18-16(8-2)11-15(5)12-17(18)9-3;1-7-14-10-12(4)11-15(8-2)17(14)18-16(9-3)13(5)20-21(6)19(18)22/h11-13H,7-10H2,1-6H3;10-11H,7-9H2,1-6H3. The number of carbonyl (C=O) groups excluding carboxylic acids is 2. The van der Waals surface area contributed by atoms with Crippen LogP contribution >= 0.6 is 0 Å². The molecule has 0 aliphatic rings. The van der Waals surface area contributed by atoms with Crippen LogP contribution in [-0.4, -0.2) is 33.4 Å². The van der Waals surface area contributed by atoms with Crippen molar-refractivity contribution < 1.29 is 9.59 Å². The lowest BCUT2D eigenvalue weighted by Crippen LogP contribution is -2.31. The zero-order chi connectivity index (χ0) is 34.0. The third kappa shape index (κ3) is 8.90. The lowest BCUT2D eigenvalue weighted by atomic mass is 9.87. The molecule has 0 saturated carbocycles. The average molecular weight is 614 g/mol. The first kappa shape index (κ1) is 37.4. The maximum absolute atomic E-state index is 12.8. The molecule has 0 N–H and O–H groups in total. The Bertz CT molecular complexity index is 1560. The number of amides is 1. The van der Waals surface area contributed by atoms with Crippen molar-refractivity contribution in [2.75, 3.05) is 7.05 Å². The minimum Gasteiger partial charge on any atom is -0.315 e. The third-order valence-electron chi connectivity index (χ3n) is 8.37. The number of nitrogens with zero attached hydrogens (tertiary/aromatic N) is 3. The lowest BCUT2D eigenvalue weighted by Gasteiger charge is -2.18. The Morgan fingerprint density at radius 3 is 1.67 bits per heavy atom. The topological polar surface area (TPSA) is 72.3 Å². The Labute approximate surface area is 271 Å². The molecular formula is C39H55N3O3. The summed E-state index contributed by atoms with van der Waals surface area (Å²) in [6.45, 7) is 20.7. The van der Waals surface area contributed by atoms with Gasteiger partial charge in [-0.1, -0.05) is 88.9 Å². The largest absolute Gasteiger partial charge is 0.315 e. The predicted octanol–water partition coefficient (Wildman–Crippen LogP) is 8.22. The van der Waals surface area contributed by atoms with Gasteiger partial charge in [-0.05, 0) is 99.6 Å². The van der Waals surface area contributed by atoms with E-state index in [0.717, 1.165) is 89.6 Å². The van der Waals surface area contributed by atoms with Crippen LogP contribution in [0.25, 0.3) is 11.1 Å². The molecule has 2 aromatic carbocycles. The Kier molecular flexibility index (Phi) is 14.2. The average Bonchev–Trinajstić information content (AvgIpc) is 3.01. The van der Waals surface area contributed by atoms with E-state index in [2.05, 4.69) is 51.9 Å². The molecule has 0 spiro atoms. The Balaban J connectivity index is 0.000000314. The smallest absolute Gasteiger partial charge is 0.298 e. The van der Waals surface area contributed by atoms with Crippen LogP contribution in [0.15, 0.2) is 40.8 Å². The van der Waals surface area contributed by atoms with Crippen LogP contribution in [-0.2, 0) is 43.9 Å². The molecule has 1 heterocycles. The first-order chi connectivity index (χ1) is 21.3. The van der Waals surface area contributed by atoms with Crippen LogP contribution < -0.4 is 5.56 Å². The van der Waals surface area contributed by atoms with Gasteiger partial charge in [-0.2, -0.15) is 5.10 Å². The highest BCUT2D eigenvalue weighted by molar-refractivity contribution is 6.43. The number of Topliss-reactive ketones (excluding diaryl/α,β-unsaturated/α-hetero) is 1. The van der Waals surface area contributed by atoms with Crippen LogP contribution in [0.4, 0.5) is 0 Å². The lowest BCUT2D eigenvalue weighted by molar-refractivity contribution is -0.123. The van der Waals surface area contributed by atoms with Gasteiger partial charge in [0.25, 0.3) is 17.2 Å². The van der Waals surface area contributed by atoms with E-state index in [0.29, 0.717) is 5.56 Å². The first-order valence-corrected chi connectivity index (χ1v) is 16.6. The van der Waals surface area contributed by atoms with Gasteiger partial charge < -0.3 is 4.90 Å². The van der Waals surface area contributed by atoms with E-state index in [1.54, 1.807) is 20.3 Å². The van der Waals surface area contributed by atoms with E-state index in [-0.39, 0.29) is 5.56 Å². The Morgan fingerprint density at radius 2 is 1.24 bits per heavy atom. The molecule has 244 valence electrons. The van der Waals surface area contributed by atoms with Crippen LogP contribution in [0, 0.1) is 20.8 Å². The number of aromatic nitrogens is 2. The van der Waals surface area contributed by atoms with Crippen molar-refractivity contribution in [3.63, 3.8) is 0 Å². The second-order valence-electron chi connectivity index (χ2n) is 12.0. The number of allylic oxidation sites excluding steroid dienone is 1. The van der Waals surface area contributed by atoms with E-state index in [1.807, 2.05) is 46.8 Å². The van der Waals surface area contributed by atoms with Crippen molar-refractivity contribution in [3.8, 4) is 11.1 Å². The second kappa shape index (κ2) is 17.0. The normalized spacial score (nSPS) is 11.2. The molecule has 0 radical (unpaired) electrons. The molecule has 0 aliphatic carbocycles. The number of benzene rings is 2. The number of aryl methyl sites for hydroxylation is 8. The van der Waals surface area contributed by atoms with Gasteiger partial charge in [0.15, 0.2) is 0 Å². The molecule has 1 amide bonds. The van der Waals surface area contributed by atoms with E-state index in [4.69, 9.17) is 0 Å². The van der Waals surface area contributed by atoms with Crippen LogP contribution in [0.2, 0.25) is 0 Å². The Morgan fingerprint density at radius 1 is 0.778 bits per heavy atom. The summed E-state index contributed by atoms with van der Waals surface area (Å²) < 4.78 is 1.47. The van der Waals surface area contributed by atoms with Gasteiger partial charge in [0.2, 0.25) is 0 Å². The molecule has 0 bridgehead atoms. The maximum atomic E-state index is 12.8. The van der Waals surface area contributed by atoms with Crippen molar-refractivity contribution >= 4 is 11.7 Å². The molecule has 0 fully saturated rings. The van der Waals surface area contributed by atoms with Crippen molar-refractivity contribution in [3.05, 3.63) is 96.6 Å². The monoisotopic (exact) mass is 613 g/mol. The number of rotatable bonds is 11. The fourth-order valence-corrected chi connectivity index (χ4v) is 6.22. The number of ketones is 1. The quantitative estimate of drug-likeness (QED) is 0.161. The fraction of sp³-hybridized carbons (Fsp3) is 0.487. The minimum atomic E-state index is -0.464. The zero-order valence-electron chi connectivity index (χ0n) is 29.9. The van der Waals surface area contributed by atoms with Gasteiger partial charge >= 0.3 is 0 Å². The number of hydrogen-bond donors (Lipinski definition) is 0. The maximum Gasteiger partial charge on any atom is 0.298 e. The summed E-state index contributed by atoms with van der Waals surface area (Å²) in [7, 11) is 3.40. The first-order valence-electron chi connectivity index (χ1n) is 16.6. The Hall–Kier alpha value is -3.80. The molecule has 1 aromatic heterocycles. The van der Waals surface area contributed by atoms with Crippen LogP contribution in [0.1, 0.15) is 116 Å². The van der Waals surface area contributed by atoms with E-state index in [1.165, 1.54) is 26.3 Å². The van der Waals surface area contributed by atoms with Gasteiger partial charge in [-0.25, -0.2) is 4.68 Å². The molecular weight excluding hydrogens is 558 g/mol. The van der Waals surface area contributed by atoms with Gasteiger partial charge in [-0.3, -0.25) is 14.4 Å². The summed E-state index contributed by atoms with van der Waals surface area (Å²) in [6, 6.07) is 8.45. The molecule has 3 rings (SSSR count). The SMILES string of the molecule is CCCC(C)=CN(C)C(=O)C(=O)c1c(CC)cc(C)cc1CC.CCc1cc(C)cc(CC)c1-c1c(CC)c(C)nn(C)c1=O. The number of likely N-dealkylation sites (N-methyl/N-ethyl adjacent to an activating group) is 1. The number of hydrogen-bond acceptors (Lipinski definition) is 4. The summed E-state index contributed by atoms with van der Waals surface area (Å²) in [5, 5.41) is 4.36. The fourth-order valence-electron chi connectivity index (χ4n) is 6.22. The molecule has 6 nitrogen and oxygen atoms in total. The van der Waals surface area contributed by atoms with Gasteiger partial charge in [-0.15, -0.1) is 0 Å². The number of carbonyl (C=O) groups is 2. The third-order valence-corrected chi connectivity index (χ3v) is 8.37. The molecule has 0 atom stereocenters. The second-order valence-corrected chi connectivity index (χ2v) is 12.0. The molecule has 0 unspecified atom stereocenters. The van der Waals surface area contributed by atoms with Crippen LogP contribution in [0.3, 0.4) is 0 Å². The minimum absolute atomic E-state index is 0.00991. The highest BCUT2D eigenvalue weighted by Crippen LogP contribution is 2.31. The molecule has 0 saturated heterocycles. The van der Waals surface area contributed by atoms with Crippen LogP contribution in [0.5, 0.6) is 0 Å². The van der Waals surface area contributed by atoms with Crippen molar-refractivity contribution in [1.82, 2.24) is 14.7 Å². The highest BCUT2D eigenvalue weighted by atomic mass is 16.2. The molecule has 6 heteroatoms. The van der Waals surface area contributed by atoms with E-state index >= 15 is 0 Å². The highest BCUT2D eigenvalue weighted by Gasteiger charge is 2.25. The van der Waals surface area contributed by atoms with Crippen molar-refractivity contribution in [2.45, 2.75) is 114 Å². The summed E-state index contributed by atoms with van der Waals surface area (Å²) in [4.78, 5) is 39.6. The van der Waals surface area contributed by atoms with Gasteiger partial charge in [0, 0.05) is 25.9 Å². The van der Waals surface area contributed by atoms with Crippen molar-refractivity contribution in [2.24, 2.45) is 7.05 Å². The van der Waals surface area contributed by atoms with E-state index < -0.39 is 11.7 Å². The van der Waals surface area contributed by atoms with E-state index in [9.17, 15) is 14.4 Å².